The highest BCUT2D eigenvalue weighted by molar-refractivity contribution is 5.37. The molecule has 5 nitrogen and oxygen atoms in total. The van der Waals surface area contributed by atoms with Gasteiger partial charge < -0.3 is 5.32 Å². The van der Waals surface area contributed by atoms with Gasteiger partial charge in [-0.3, -0.25) is 4.98 Å². The zero-order chi connectivity index (χ0) is 14.7. The Kier molecular flexibility index (Phi) is 3.75. The lowest BCUT2D eigenvalue weighted by molar-refractivity contribution is 0.630. The van der Waals surface area contributed by atoms with E-state index in [0.29, 0.717) is 0 Å². The van der Waals surface area contributed by atoms with E-state index in [1.165, 1.54) is 5.56 Å². The summed E-state index contributed by atoms with van der Waals surface area (Å²) in [5.74, 6) is 0. The maximum absolute atomic E-state index is 4.22. The number of hydrogen-bond donors (Lipinski definition) is 1. The SMILES string of the molecule is CNC(c1ccncc1C)c1cnnn1-c1ccccc1. The molecule has 0 saturated carbocycles. The molecule has 2 aromatic heterocycles. The zero-order valence-electron chi connectivity index (χ0n) is 12.1. The number of para-hydroxylation sites is 1. The number of rotatable bonds is 4. The molecule has 2 heterocycles. The van der Waals surface area contributed by atoms with Crippen molar-refractivity contribution < 1.29 is 0 Å². The van der Waals surface area contributed by atoms with Crippen LogP contribution < -0.4 is 5.32 Å². The number of nitrogens with one attached hydrogen (secondary N) is 1. The third-order valence-corrected chi connectivity index (χ3v) is 3.54. The Balaban J connectivity index is 2.08. The number of benzene rings is 1. The van der Waals surface area contributed by atoms with Gasteiger partial charge in [-0.25, -0.2) is 4.68 Å². The molecular formula is C16H17N5. The molecule has 0 aliphatic rings. The second-order valence-corrected chi connectivity index (χ2v) is 4.86. The van der Waals surface area contributed by atoms with E-state index < -0.39 is 0 Å². The third kappa shape index (κ3) is 2.55. The first-order valence-electron chi connectivity index (χ1n) is 6.85. The summed E-state index contributed by atoms with van der Waals surface area (Å²) in [5.41, 5.74) is 4.31. The Hall–Kier alpha value is -2.53. The lowest BCUT2D eigenvalue weighted by atomic mass is 10.0. The predicted octanol–water partition coefficient (Wildman–Crippen LogP) is 2.28. The molecule has 0 spiro atoms. The molecule has 0 saturated heterocycles. The van der Waals surface area contributed by atoms with E-state index in [2.05, 4.69) is 27.5 Å². The van der Waals surface area contributed by atoms with E-state index in [1.807, 2.05) is 60.5 Å². The van der Waals surface area contributed by atoms with Crippen LogP contribution in [0.4, 0.5) is 0 Å². The van der Waals surface area contributed by atoms with Gasteiger partial charge in [-0.1, -0.05) is 23.4 Å². The van der Waals surface area contributed by atoms with Gasteiger partial charge in [0.25, 0.3) is 0 Å². The van der Waals surface area contributed by atoms with Crippen molar-refractivity contribution >= 4 is 0 Å². The van der Waals surface area contributed by atoms with Crippen LogP contribution in [0.25, 0.3) is 5.69 Å². The summed E-state index contributed by atoms with van der Waals surface area (Å²) in [6.07, 6.45) is 5.48. The largest absolute Gasteiger partial charge is 0.308 e. The van der Waals surface area contributed by atoms with Crippen molar-refractivity contribution in [1.82, 2.24) is 25.3 Å². The van der Waals surface area contributed by atoms with Crippen LogP contribution in [0.5, 0.6) is 0 Å². The van der Waals surface area contributed by atoms with Gasteiger partial charge in [0, 0.05) is 12.4 Å². The van der Waals surface area contributed by atoms with Gasteiger partial charge in [-0.05, 0) is 43.3 Å². The van der Waals surface area contributed by atoms with E-state index in [-0.39, 0.29) is 6.04 Å². The van der Waals surface area contributed by atoms with Crippen LogP contribution in [0.3, 0.4) is 0 Å². The summed E-state index contributed by atoms with van der Waals surface area (Å²) >= 11 is 0. The molecule has 1 N–H and O–H groups in total. The summed E-state index contributed by atoms with van der Waals surface area (Å²) in [5, 5.41) is 11.6. The van der Waals surface area contributed by atoms with Crippen molar-refractivity contribution in [3.63, 3.8) is 0 Å². The number of aromatic nitrogens is 4. The van der Waals surface area contributed by atoms with Crippen molar-refractivity contribution in [2.75, 3.05) is 7.05 Å². The van der Waals surface area contributed by atoms with Gasteiger partial charge in [0.1, 0.15) is 0 Å². The first kappa shape index (κ1) is 13.5. The highest BCUT2D eigenvalue weighted by Crippen LogP contribution is 2.24. The van der Waals surface area contributed by atoms with Crippen LogP contribution in [-0.4, -0.2) is 27.0 Å². The number of pyridine rings is 1. The maximum atomic E-state index is 4.22. The zero-order valence-corrected chi connectivity index (χ0v) is 12.1. The molecule has 0 bridgehead atoms. The van der Waals surface area contributed by atoms with Crippen molar-refractivity contribution in [1.29, 1.82) is 0 Å². The molecule has 0 radical (unpaired) electrons. The molecule has 5 heteroatoms. The average Bonchev–Trinajstić information content (AvgIpc) is 3.00. The molecule has 21 heavy (non-hydrogen) atoms. The van der Waals surface area contributed by atoms with Gasteiger partial charge in [-0.15, -0.1) is 5.10 Å². The Morgan fingerprint density at radius 2 is 1.90 bits per heavy atom. The van der Waals surface area contributed by atoms with Gasteiger partial charge in [-0.2, -0.15) is 0 Å². The molecule has 3 aromatic rings. The molecule has 0 amide bonds. The minimum Gasteiger partial charge on any atom is -0.308 e. The molecule has 3 rings (SSSR count). The fourth-order valence-electron chi connectivity index (χ4n) is 2.48. The maximum Gasteiger partial charge on any atom is 0.0860 e. The van der Waals surface area contributed by atoms with Crippen LogP contribution in [0.1, 0.15) is 22.9 Å². The Bertz CT molecular complexity index is 720. The first-order valence-corrected chi connectivity index (χ1v) is 6.85. The Morgan fingerprint density at radius 1 is 1.10 bits per heavy atom. The van der Waals surface area contributed by atoms with E-state index >= 15 is 0 Å². The number of aryl methyl sites for hydroxylation is 1. The summed E-state index contributed by atoms with van der Waals surface area (Å²) in [7, 11) is 1.94. The lowest BCUT2D eigenvalue weighted by Gasteiger charge is -2.19. The van der Waals surface area contributed by atoms with E-state index in [9.17, 15) is 0 Å². The summed E-state index contributed by atoms with van der Waals surface area (Å²) in [6.45, 7) is 2.06. The normalized spacial score (nSPS) is 12.3. The lowest BCUT2D eigenvalue weighted by Crippen LogP contribution is -2.22. The van der Waals surface area contributed by atoms with Crippen molar-refractivity contribution in [2.45, 2.75) is 13.0 Å². The molecule has 1 aromatic carbocycles. The minimum atomic E-state index is 0.0169. The van der Waals surface area contributed by atoms with Crippen molar-refractivity contribution in [3.05, 3.63) is 71.8 Å². The molecular weight excluding hydrogens is 262 g/mol. The second kappa shape index (κ2) is 5.85. The van der Waals surface area contributed by atoms with Crippen LogP contribution in [0, 0.1) is 6.92 Å². The molecule has 1 atom stereocenters. The molecule has 0 aliphatic heterocycles. The molecule has 106 valence electrons. The standard InChI is InChI=1S/C16H17N5/c1-12-10-18-9-8-14(12)16(17-2)15-11-19-20-21(15)13-6-4-3-5-7-13/h3-11,16-17H,1-2H3. The molecule has 0 aliphatic carbocycles. The highest BCUT2D eigenvalue weighted by atomic mass is 15.4. The minimum absolute atomic E-state index is 0.0169. The average molecular weight is 279 g/mol. The van der Waals surface area contributed by atoms with E-state index in [0.717, 1.165) is 16.9 Å². The fourth-order valence-corrected chi connectivity index (χ4v) is 2.48. The van der Waals surface area contributed by atoms with E-state index in [1.54, 1.807) is 6.20 Å². The van der Waals surface area contributed by atoms with E-state index in [4.69, 9.17) is 0 Å². The smallest absolute Gasteiger partial charge is 0.0860 e. The van der Waals surface area contributed by atoms with Crippen LogP contribution in [-0.2, 0) is 0 Å². The van der Waals surface area contributed by atoms with Crippen molar-refractivity contribution in [2.24, 2.45) is 0 Å². The summed E-state index contributed by atoms with van der Waals surface area (Å²) < 4.78 is 1.86. The van der Waals surface area contributed by atoms with Gasteiger partial charge in [0.15, 0.2) is 0 Å². The van der Waals surface area contributed by atoms with Gasteiger partial charge >= 0.3 is 0 Å². The summed E-state index contributed by atoms with van der Waals surface area (Å²) in [6, 6.07) is 12.1. The second-order valence-electron chi connectivity index (χ2n) is 4.86. The van der Waals surface area contributed by atoms with Crippen LogP contribution >= 0.6 is 0 Å². The first-order chi connectivity index (χ1) is 10.3. The highest BCUT2D eigenvalue weighted by Gasteiger charge is 2.19. The predicted molar refractivity (Wildman–Crippen MR) is 81.2 cm³/mol. The monoisotopic (exact) mass is 279 g/mol. The third-order valence-electron chi connectivity index (χ3n) is 3.54. The van der Waals surface area contributed by atoms with Gasteiger partial charge in [0.05, 0.1) is 23.6 Å². The Labute approximate surface area is 123 Å². The molecule has 1 unspecified atom stereocenters. The van der Waals surface area contributed by atoms with Crippen LogP contribution in [0.15, 0.2) is 55.0 Å². The van der Waals surface area contributed by atoms with Crippen molar-refractivity contribution in [3.8, 4) is 5.69 Å². The number of hydrogen-bond acceptors (Lipinski definition) is 4. The quantitative estimate of drug-likeness (QED) is 0.796. The van der Waals surface area contributed by atoms with Crippen LogP contribution in [0.2, 0.25) is 0 Å². The number of nitrogens with zero attached hydrogens (tertiary/aromatic N) is 4. The molecule has 0 fully saturated rings. The summed E-state index contributed by atoms with van der Waals surface area (Å²) in [4.78, 5) is 4.16. The fraction of sp³-hybridized carbons (Fsp3) is 0.188. The van der Waals surface area contributed by atoms with Gasteiger partial charge in [0.2, 0.25) is 0 Å². The topological polar surface area (TPSA) is 55.6 Å². The Morgan fingerprint density at radius 3 is 2.62 bits per heavy atom.